The first kappa shape index (κ1) is 21.9. The summed E-state index contributed by atoms with van der Waals surface area (Å²) in [4.78, 5) is 12.0. The zero-order valence-corrected chi connectivity index (χ0v) is 17.0. The predicted molar refractivity (Wildman–Crippen MR) is 107 cm³/mol. The maximum Gasteiger partial charge on any atom is 0.248 e. The van der Waals surface area contributed by atoms with Crippen LogP contribution in [0.5, 0.6) is 11.5 Å². The van der Waals surface area contributed by atoms with Crippen LogP contribution >= 0.6 is 0 Å². The van der Waals surface area contributed by atoms with Gasteiger partial charge in [0.05, 0.1) is 24.1 Å². The molecule has 0 saturated heterocycles. The minimum atomic E-state index is -1.34. The molecule has 0 aliphatic carbocycles. The van der Waals surface area contributed by atoms with Gasteiger partial charge in [-0.2, -0.15) is 0 Å². The molecule has 0 radical (unpaired) electrons. The van der Waals surface area contributed by atoms with Crippen LogP contribution in [0.15, 0.2) is 40.9 Å². The fourth-order valence-electron chi connectivity index (χ4n) is 2.73. The lowest BCUT2D eigenvalue weighted by atomic mass is 10.1. The third kappa shape index (κ3) is 5.25. The normalized spacial score (nSPS) is 11.0. The van der Waals surface area contributed by atoms with Crippen molar-refractivity contribution in [2.45, 2.75) is 20.5 Å². The van der Waals surface area contributed by atoms with E-state index in [0.29, 0.717) is 35.0 Å². The average Bonchev–Trinajstić information content (AvgIpc) is 3.06. The number of aromatic nitrogens is 1. The number of benzene rings is 2. The van der Waals surface area contributed by atoms with Crippen LogP contribution in [0.2, 0.25) is 0 Å². The SMILES string of the molecule is COc1cc(C=CC(=O)Nc2cc(F)c(F)cc2F)ccc1OCc1c(C)noc1C. The van der Waals surface area contributed by atoms with Gasteiger partial charge >= 0.3 is 0 Å². The summed E-state index contributed by atoms with van der Waals surface area (Å²) in [6.07, 6.45) is 2.58. The zero-order valence-electron chi connectivity index (χ0n) is 17.0. The largest absolute Gasteiger partial charge is 0.493 e. The minimum Gasteiger partial charge on any atom is -0.493 e. The maximum absolute atomic E-state index is 13.6. The summed E-state index contributed by atoms with van der Waals surface area (Å²) in [5, 5.41) is 6.03. The maximum atomic E-state index is 13.6. The first-order chi connectivity index (χ1) is 14.8. The predicted octanol–water partition coefficient (Wildman–Crippen LogP) is 4.95. The summed E-state index contributed by atoms with van der Waals surface area (Å²) in [6, 6.07) is 5.94. The molecule has 0 unspecified atom stereocenters. The van der Waals surface area contributed by atoms with Gasteiger partial charge in [0.1, 0.15) is 18.2 Å². The molecule has 0 aliphatic rings. The number of amides is 1. The Labute approximate surface area is 176 Å². The van der Waals surface area contributed by atoms with Crippen LogP contribution in [-0.4, -0.2) is 18.2 Å². The van der Waals surface area contributed by atoms with Gasteiger partial charge in [-0.1, -0.05) is 11.2 Å². The molecule has 1 amide bonds. The lowest BCUT2D eigenvalue weighted by molar-refractivity contribution is -0.111. The van der Waals surface area contributed by atoms with E-state index in [9.17, 15) is 18.0 Å². The molecule has 0 spiro atoms. The molecule has 0 atom stereocenters. The van der Waals surface area contributed by atoms with Crippen molar-refractivity contribution in [1.29, 1.82) is 0 Å². The molecular formula is C22H19F3N2O4. The molecule has 9 heteroatoms. The van der Waals surface area contributed by atoms with Gasteiger partial charge in [-0.15, -0.1) is 0 Å². The number of ether oxygens (including phenoxy) is 2. The van der Waals surface area contributed by atoms with Gasteiger partial charge in [-0.05, 0) is 37.6 Å². The smallest absolute Gasteiger partial charge is 0.248 e. The van der Waals surface area contributed by atoms with E-state index in [1.54, 1.807) is 25.1 Å². The van der Waals surface area contributed by atoms with Crippen molar-refractivity contribution >= 4 is 17.7 Å². The monoisotopic (exact) mass is 432 g/mol. The van der Waals surface area contributed by atoms with Gasteiger partial charge in [0.2, 0.25) is 5.91 Å². The second-order valence-corrected chi connectivity index (χ2v) is 6.57. The van der Waals surface area contributed by atoms with Crippen molar-refractivity contribution in [2.75, 3.05) is 12.4 Å². The molecule has 1 aromatic heterocycles. The van der Waals surface area contributed by atoms with Crippen LogP contribution in [0.25, 0.3) is 6.08 Å². The number of nitrogens with zero attached hydrogens (tertiary/aromatic N) is 1. The topological polar surface area (TPSA) is 73.6 Å². The minimum absolute atomic E-state index is 0.245. The Kier molecular flexibility index (Phi) is 6.64. The van der Waals surface area contributed by atoms with Crippen molar-refractivity contribution in [1.82, 2.24) is 5.16 Å². The number of hydrogen-bond donors (Lipinski definition) is 1. The van der Waals surface area contributed by atoms with Crippen LogP contribution in [0.3, 0.4) is 0 Å². The summed E-state index contributed by atoms with van der Waals surface area (Å²) < 4.78 is 56.1. The average molecular weight is 432 g/mol. The molecule has 1 N–H and O–H groups in total. The zero-order chi connectivity index (χ0) is 22.5. The summed E-state index contributed by atoms with van der Waals surface area (Å²) in [7, 11) is 1.48. The number of rotatable bonds is 7. The Bertz CT molecular complexity index is 1120. The quantitative estimate of drug-likeness (QED) is 0.423. The number of halogens is 3. The molecule has 31 heavy (non-hydrogen) atoms. The summed E-state index contributed by atoms with van der Waals surface area (Å²) in [5.74, 6) is -2.83. The fourth-order valence-corrected chi connectivity index (χ4v) is 2.73. The van der Waals surface area contributed by atoms with Crippen molar-refractivity contribution in [3.05, 3.63) is 76.4 Å². The van der Waals surface area contributed by atoms with Gasteiger partial charge in [0.25, 0.3) is 0 Å². The number of hydrogen-bond acceptors (Lipinski definition) is 5. The number of methoxy groups -OCH3 is 1. The van der Waals surface area contributed by atoms with Gasteiger partial charge in [0, 0.05) is 18.2 Å². The first-order valence-electron chi connectivity index (χ1n) is 9.14. The Balaban J connectivity index is 1.68. The summed E-state index contributed by atoms with van der Waals surface area (Å²) in [6.45, 7) is 3.85. The van der Waals surface area contributed by atoms with Crippen LogP contribution < -0.4 is 14.8 Å². The highest BCUT2D eigenvalue weighted by atomic mass is 19.2. The molecule has 0 bridgehead atoms. The second kappa shape index (κ2) is 9.38. The van der Waals surface area contributed by atoms with Crippen molar-refractivity contribution in [3.8, 4) is 11.5 Å². The number of anilines is 1. The molecule has 0 aliphatic heterocycles. The number of nitrogens with one attached hydrogen (secondary N) is 1. The van der Waals surface area contributed by atoms with Gasteiger partial charge in [-0.3, -0.25) is 4.79 Å². The number of aryl methyl sites for hydroxylation is 2. The van der Waals surface area contributed by atoms with Crippen molar-refractivity contribution in [2.24, 2.45) is 0 Å². The Morgan fingerprint density at radius 1 is 1.10 bits per heavy atom. The molecule has 3 rings (SSSR count). The van der Waals surface area contributed by atoms with E-state index in [4.69, 9.17) is 14.0 Å². The van der Waals surface area contributed by atoms with Gasteiger partial charge in [-0.25, -0.2) is 13.2 Å². The number of carbonyl (C=O) groups is 1. The van der Waals surface area contributed by atoms with Crippen LogP contribution in [-0.2, 0) is 11.4 Å². The lowest BCUT2D eigenvalue weighted by Crippen LogP contribution is -2.10. The van der Waals surface area contributed by atoms with E-state index in [1.807, 2.05) is 6.92 Å². The highest BCUT2D eigenvalue weighted by Gasteiger charge is 2.13. The lowest BCUT2D eigenvalue weighted by Gasteiger charge is -2.11. The van der Waals surface area contributed by atoms with Gasteiger partial charge in [0.15, 0.2) is 23.1 Å². The van der Waals surface area contributed by atoms with Gasteiger partial charge < -0.3 is 19.3 Å². The highest BCUT2D eigenvalue weighted by molar-refractivity contribution is 6.02. The number of carbonyl (C=O) groups excluding carboxylic acids is 1. The summed E-state index contributed by atoms with van der Waals surface area (Å²) in [5.41, 5.74) is 1.71. The molecule has 3 aromatic rings. The van der Waals surface area contributed by atoms with E-state index in [-0.39, 0.29) is 6.61 Å². The Hall–Kier alpha value is -3.75. The van der Waals surface area contributed by atoms with E-state index in [1.165, 1.54) is 13.2 Å². The highest BCUT2D eigenvalue weighted by Crippen LogP contribution is 2.30. The Morgan fingerprint density at radius 2 is 1.84 bits per heavy atom. The van der Waals surface area contributed by atoms with Crippen LogP contribution in [0.1, 0.15) is 22.6 Å². The molecule has 0 fully saturated rings. The van der Waals surface area contributed by atoms with E-state index >= 15 is 0 Å². The molecule has 1 heterocycles. The first-order valence-corrected chi connectivity index (χ1v) is 9.14. The second-order valence-electron chi connectivity index (χ2n) is 6.57. The Morgan fingerprint density at radius 3 is 2.52 bits per heavy atom. The van der Waals surface area contributed by atoms with E-state index in [2.05, 4.69) is 10.5 Å². The fraction of sp³-hybridized carbons (Fsp3) is 0.182. The summed E-state index contributed by atoms with van der Waals surface area (Å²) >= 11 is 0. The van der Waals surface area contributed by atoms with Crippen molar-refractivity contribution in [3.63, 3.8) is 0 Å². The van der Waals surface area contributed by atoms with E-state index in [0.717, 1.165) is 17.3 Å². The third-order valence-electron chi connectivity index (χ3n) is 4.44. The van der Waals surface area contributed by atoms with E-state index < -0.39 is 29.0 Å². The molecular weight excluding hydrogens is 413 g/mol. The van der Waals surface area contributed by atoms with Crippen LogP contribution in [0, 0.1) is 31.3 Å². The molecule has 2 aromatic carbocycles. The standard InChI is InChI=1S/C22H19F3N2O4/c1-12-15(13(2)31-27-12)11-30-20-6-4-14(8-21(20)29-3)5-7-22(28)26-19-10-17(24)16(23)9-18(19)25/h4-10H,11H2,1-3H3,(H,26,28). The van der Waals surface area contributed by atoms with Crippen molar-refractivity contribution < 1.29 is 32.0 Å². The molecule has 162 valence electrons. The molecule has 0 saturated carbocycles. The van der Waals surface area contributed by atoms with Crippen LogP contribution in [0.4, 0.5) is 18.9 Å². The third-order valence-corrected chi connectivity index (χ3v) is 4.44. The molecule has 6 nitrogen and oxygen atoms in total.